The Labute approximate surface area is 94.8 Å². The van der Waals surface area contributed by atoms with Gasteiger partial charge in [-0.05, 0) is 19.3 Å². The van der Waals surface area contributed by atoms with E-state index in [0.717, 1.165) is 19.3 Å². The molecule has 15 heavy (non-hydrogen) atoms. The number of nitrogens with one attached hydrogen (secondary N) is 1. The van der Waals surface area contributed by atoms with Gasteiger partial charge in [0.25, 0.3) is 0 Å². The predicted molar refractivity (Wildman–Crippen MR) is 65.8 cm³/mol. The molecule has 0 saturated heterocycles. The first kappa shape index (κ1) is 14.5. The smallest absolute Gasteiger partial charge is 0.225 e. The second-order valence-corrected chi connectivity index (χ2v) is 4.96. The molecule has 2 nitrogen and oxygen atoms in total. The lowest BCUT2D eigenvalue weighted by Gasteiger charge is -2.25. The Balaban J connectivity index is 4.12. The summed E-state index contributed by atoms with van der Waals surface area (Å²) >= 11 is 0. The number of carbonyl (C=O) groups is 1. The highest BCUT2D eigenvalue weighted by Crippen LogP contribution is 2.20. The highest BCUT2D eigenvalue weighted by atomic mass is 16.2. The molecule has 0 saturated carbocycles. The molecule has 0 fully saturated rings. The molecular formula is C13H27NO. The third-order valence-electron chi connectivity index (χ3n) is 3.23. The molecule has 0 aromatic carbocycles. The van der Waals surface area contributed by atoms with Crippen LogP contribution in [0.1, 0.15) is 66.7 Å². The molecule has 2 heteroatoms. The van der Waals surface area contributed by atoms with Crippen molar-refractivity contribution in [1.82, 2.24) is 5.32 Å². The molecule has 0 bridgehead atoms. The third-order valence-corrected chi connectivity index (χ3v) is 3.23. The van der Waals surface area contributed by atoms with Crippen molar-refractivity contribution in [3.8, 4) is 0 Å². The quantitative estimate of drug-likeness (QED) is 0.689. The van der Waals surface area contributed by atoms with Crippen molar-refractivity contribution in [3.63, 3.8) is 0 Å². The van der Waals surface area contributed by atoms with Crippen molar-refractivity contribution in [2.45, 2.75) is 72.8 Å². The monoisotopic (exact) mass is 213 g/mol. The summed E-state index contributed by atoms with van der Waals surface area (Å²) in [5.41, 5.74) is -0.223. The van der Waals surface area contributed by atoms with Crippen LogP contribution < -0.4 is 5.32 Å². The number of rotatable bonds is 7. The van der Waals surface area contributed by atoms with Gasteiger partial charge in [-0.25, -0.2) is 0 Å². The summed E-state index contributed by atoms with van der Waals surface area (Å²) in [7, 11) is 0. The summed E-state index contributed by atoms with van der Waals surface area (Å²) in [5, 5.41) is 3.15. The molecule has 0 spiro atoms. The fraction of sp³-hybridized carbons (Fsp3) is 0.923. The SMILES string of the molecule is CCCCC(CC)NC(=O)C(C)(C)CC. The normalized spacial score (nSPS) is 13.7. The molecule has 1 unspecified atom stereocenters. The summed E-state index contributed by atoms with van der Waals surface area (Å²) in [4.78, 5) is 11.9. The van der Waals surface area contributed by atoms with Crippen molar-refractivity contribution in [2.75, 3.05) is 0 Å². The maximum Gasteiger partial charge on any atom is 0.225 e. The van der Waals surface area contributed by atoms with Gasteiger partial charge >= 0.3 is 0 Å². The summed E-state index contributed by atoms with van der Waals surface area (Å²) in [5.74, 6) is 0.202. The lowest BCUT2D eigenvalue weighted by atomic mass is 9.88. The summed E-state index contributed by atoms with van der Waals surface area (Å²) in [6.45, 7) is 10.4. The molecule has 0 aromatic heterocycles. The fourth-order valence-corrected chi connectivity index (χ4v) is 1.37. The van der Waals surface area contributed by atoms with Gasteiger partial charge in [0.1, 0.15) is 0 Å². The standard InChI is InChI=1S/C13H27NO/c1-6-9-10-11(7-2)14-12(15)13(4,5)8-3/h11H,6-10H2,1-5H3,(H,14,15). The number of amides is 1. The zero-order valence-electron chi connectivity index (χ0n) is 11.0. The zero-order chi connectivity index (χ0) is 11.9. The lowest BCUT2D eigenvalue weighted by molar-refractivity contribution is -0.130. The van der Waals surface area contributed by atoms with Crippen molar-refractivity contribution in [2.24, 2.45) is 5.41 Å². The van der Waals surface area contributed by atoms with Gasteiger partial charge in [0.15, 0.2) is 0 Å². The lowest BCUT2D eigenvalue weighted by Crippen LogP contribution is -2.42. The summed E-state index contributed by atoms with van der Waals surface area (Å²) in [6.07, 6.45) is 5.43. The molecule has 0 rings (SSSR count). The van der Waals surface area contributed by atoms with Gasteiger partial charge in [0.2, 0.25) is 5.91 Å². The van der Waals surface area contributed by atoms with Crippen LogP contribution >= 0.6 is 0 Å². The minimum Gasteiger partial charge on any atom is -0.353 e. The van der Waals surface area contributed by atoms with Crippen molar-refractivity contribution < 1.29 is 4.79 Å². The van der Waals surface area contributed by atoms with Crippen LogP contribution in [0.25, 0.3) is 0 Å². The molecule has 0 aliphatic rings. The van der Waals surface area contributed by atoms with E-state index in [2.05, 4.69) is 26.1 Å². The summed E-state index contributed by atoms with van der Waals surface area (Å²) in [6, 6.07) is 0.364. The Morgan fingerprint density at radius 3 is 2.27 bits per heavy atom. The van der Waals surface area contributed by atoms with Crippen LogP contribution in [0.2, 0.25) is 0 Å². The van der Waals surface area contributed by atoms with Gasteiger partial charge in [-0.15, -0.1) is 0 Å². The Bertz CT molecular complexity index is 187. The first-order valence-electron chi connectivity index (χ1n) is 6.28. The Morgan fingerprint density at radius 2 is 1.87 bits per heavy atom. The van der Waals surface area contributed by atoms with Gasteiger partial charge in [-0.1, -0.05) is 47.5 Å². The number of hydrogen-bond acceptors (Lipinski definition) is 1. The third kappa shape index (κ3) is 5.19. The van der Waals surface area contributed by atoms with E-state index in [1.54, 1.807) is 0 Å². The van der Waals surface area contributed by atoms with E-state index in [4.69, 9.17) is 0 Å². The van der Waals surface area contributed by atoms with Crippen molar-refractivity contribution >= 4 is 5.91 Å². The Hall–Kier alpha value is -0.530. The van der Waals surface area contributed by atoms with Crippen molar-refractivity contribution in [1.29, 1.82) is 0 Å². The second-order valence-electron chi connectivity index (χ2n) is 4.96. The largest absolute Gasteiger partial charge is 0.353 e. The first-order chi connectivity index (χ1) is 6.97. The number of carbonyl (C=O) groups excluding carboxylic acids is 1. The molecule has 0 aliphatic carbocycles. The van der Waals surface area contributed by atoms with Gasteiger partial charge in [0.05, 0.1) is 0 Å². The average molecular weight is 213 g/mol. The zero-order valence-corrected chi connectivity index (χ0v) is 11.0. The molecule has 0 radical (unpaired) electrons. The molecule has 1 amide bonds. The van der Waals surface area contributed by atoms with Gasteiger partial charge in [-0.3, -0.25) is 4.79 Å². The highest BCUT2D eigenvalue weighted by molar-refractivity contribution is 5.81. The van der Waals surface area contributed by atoms with Crippen LogP contribution in [0.5, 0.6) is 0 Å². The highest BCUT2D eigenvalue weighted by Gasteiger charge is 2.26. The van der Waals surface area contributed by atoms with Crippen molar-refractivity contribution in [3.05, 3.63) is 0 Å². The molecular weight excluding hydrogens is 186 g/mol. The van der Waals surface area contributed by atoms with Crippen LogP contribution in [0, 0.1) is 5.41 Å². The number of hydrogen-bond donors (Lipinski definition) is 1. The van der Waals surface area contributed by atoms with E-state index in [0.29, 0.717) is 6.04 Å². The van der Waals surface area contributed by atoms with Crippen LogP contribution in [-0.2, 0) is 4.79 Å². The van der Waals surface area contributed by atoms with Crippen LogP contribution in [0.4, 0.5) is 0 Å². The number of unbranched alkanes of at least 4 members (excludes halogenated alkanes) is 1. The fourth-order valence-electron chi connectivity index (χ4n) is 1.37. The molecule has 0 aliphatic heterocycles. The molecule has 90 valence electrons. The Morgan fingerprint density at radius 1 is 1.27 bits per heavy atom. The second kappa shape index (κ2) is 6.86. The van der Waals surface area contributed by atoms with Crippen LogP contribution in [0.3, 0.4) is 0 Å². The minimum absolute atomic E-state index is 0.202. The van der Waals surface area contributed by atoms with Gasteiger partial charge in [0, 0.05) is 11.5 Å². The average Bonchev–Trinajstić information content (AvgIpc) is 2.23. The van der Waals surface area contributed by atoms with E-state index in [-0.39, 0.29) is 11.3 Å². The van der Waals surface area contributed by atoms with E-state index >= 15 is 0 Å². The molecule has 1 N–H and O–H groups in total. The van der Waals surface area contributed by atoms with E-state index in [1.807, 2.05) is 13.8 Å². The van der Waals surface area contributed by atoms with E-state index in [1.165, 1.54) is 12.8 Å². The molecule has 1 atom stereocenters. The van der Waals surface area contributed by atoms with Crippen LogP contribution in [-0.4, -0.2) is 11.9 Å². The summed E-state index contributed by atoms with van der Waals surface area (Å²) < 4.78 is 0. The molecule has 0 heterocycles. The predicted octanol–water partition coefficient (Wildman–Crippen LogP) is 3.51. The van der Waals surface area contributed by atoms with E-state index in [9.17, 15) is 4.79 Å². The van der Waals surface area contributed by atoms with Gasteiger partial charge < -0.3 is 5.32 Å². The molecule has 0 aromatic rings. The minimum atomic E-state index is -0.223. The first-order valence-corrected chi connectivity index (χ1v) is 6.28. The van der Waals surface area contributed by atoms with E-state index < -0.39 is 0 Å². The van der Waals surface area contributed by atoms with Gasteiger partial charge in [-0.2, -0.15) is 0 Å². The maximum atomic E-state index is 11.9. The van der Waals surface area contributed by atoms with Crippen LogP contribution in [0.15, 0.2) is 0 Å². The Kier molecular flexibility index (Phi) is 6.62. The topological polar surface area (TPSA) is 29.1 Å². The maximum absolute atomic E-state index is 11.9.